The number of aliphatic hydroxyl groups is 1. The van der Waals surface area contributed by atoms with Gasteiger partial charge in [0, 0.05) is 10.5 Å². The lowest BCUT2D eigenvalue weighted by Gasteiger charge is -2.38. The molecule has 6 nitrogen and oxygen atoms in total. The molecular formula is C21H39NO5Si2. The highest BCUT2D eigenvalue weighted by molar-refractivity contribution is 6.75. The fourth-order valence-corrected chi connectivity index (χ4v) is 4.17. The molecule has 0 radical (unpaired) electrons. The first-order chi connectivity index (χ1) is 12.9. The van der Waals surface area contributed by atoms with Crippen molar-refractivity contribution in [2.45, 2.75) is 90.5 Å². The lowest BCUT2D eigenvalue weighted by molar-refractivity contribution is -0.491. The third-order valence-electron chi connectivity index (χ3n) is 6.36. The SMILES string of the molecule is CC(C)(C)[Si](C)(C)OCc1cc(C(O)C[N+](=O)[O-])ccc1O[Si](C)(C)C(C)(C)C. The van der Waals surface area contributed by atoms with E-state index in [2.05, 4.69) is 67.7 Å². The molecular weight excluding hydrogens is 402 g/mol. The normalized spacial score (nSPS) is 14.6. The fourth-order valence-electron chi connectivity index (χ4n) is 2.17. The second kappa shape index (κ2) is 8.87. The molecule has 1 atom stereocenters. The van der Waals surface area contributed by atoms with Gasteiger partial charge >= 0.3 is 0 Å². The Labute approximate surface area is 178 Å². The van der Waals surface area contributed by atoms with Crippen LogP contribution in [0.2, 0.25) is 36.3 Å². The van der Waals surface area contributed by atoms with E-state index in [1.54, 1.807) is 12.1 Å². The summed E-state index contributed by atoms with van der Waals surface area (Å²) in [5, 5.41) is 21.1. The number of hydrogen-bond donors (Lipinski definition) is 1. The molecule has 0 spiro atoms. The molecule has 1 unspecified atom stereocenters. The third kappa shape index (κ3) is 6.91. The van der Waals surface area contributed by atoms with Crippen LogP contribution in [-0.4, -0.2) is 33.2 Å². The molecule has 0 heterocycles. The summed E-state index contributed by atoms with van der Waals surface area (Å²) in [6.07, 6.45) is -1.15. The summed E-state index contributed by atoms with van der Waals surface area (Å²) < 4.78 is 12.9. The summed E-state index contributed by atoms with van der Waals surface area (Å²) in [6.45, 7) is 21.7. The largest absolute Gasteiger partial charge is 0.543 e. The molecule has 166 valence electrons. The maximum atomic E-state index is 10.8. The number of nitrogens with zero attached hydrogens (tertiary/aromatic N) is 1. The van der Waals surface area contributed by atoms with E-state index in [1.165, 1.54) is 0 Å². The Hall–Kier alpha value is -1.23. The highest BCUT2D eigenvalue weighted by atomic mass is 28.4. The first-order valence-electron chi connectivity index (χ1n) is 10.1. The number of hydrogen-bond acceptors (Lipinski definition) is 5. The maximum Gasteiger partial charge on any atom is 0.250 e. The van der Waals surface area contributed by atoms with Crippen molar-refractivity contribution < 1.29 is 18.9 Å². The minimum atomic E-state index is -2.07. The summed E-state index contributed by atoms with van der Waals surface area (Å²) in [5.41, 5.74) is 1.35. The van der Waals surface area contributed by atoms with Crippen LogP contribution in [0.15, 0.2) is 18.2 Å². The van der Waals surface area contributed by atoms with Crippen molar-refractivity contribution in [1.29, 1.82) is 0 Å². The van der Waals surface area contributed by atoms with E-state index in [9.17, 15) is 15.2 Å². The number of benzene rings is 1. The van der Waals surface area contributed by atoms with Crippen molar-refractivity contribution in [3.8, 4) is 5.75 Å². The van der Waals surface area contributed by atoms with Crippen molar-refractivity contribution in [2.75, 3.05) is 6.54 Å². The predicted molar refractivity (Wildman–Crippen MR) is 123 cm³/mol. The Morgan fingerprint density at radius 1 is 1.03 bits per heavy atom. The van der Waals surface area contributed by atoms with Gasteiger partial charge in [0.15, 0.2) is 8.32 Å². The van der Waals surface area contributed by atoms with E-state index in [4.69, 9.17) is 8.85 Å². The van der Waals surface area contributed by atoms with Gasteiger partial charge < -0.3 is 14.0 Å². The first kappa shape index (κ1) is 25.8. The van der Waals surface area contributed by atoms with Crippen LogP contribution in [0.4, 0.5) is 0 Å². The van der Waals surface area contributed by atoms with Crippen LogP contribution in [0.25, 0.3) is 0 Å². The van der Waals surface area contributed by atoms with E-state index in [0.29, 0.717) is 12.2 Å². The summed E-state index contributed by atoms with van der Waals surface area (Å²) in [4.78, 5) is 10.3. The van der Waals surface area contributed by atoms with Crippen LogP contribution < -0.4 is 4.43 Å². The van der Waals surface area contributed by atoms with Crippen molar-refractivity contribution in [2.24, 2.45) is 0 Å². The van der Waals surface area contributed by atoms with Crippen LogP contribution in [-0.2, 0) is 11.0 Å². The summed E-state index contributed by atoms with van der Waals surface area (Å²) in [6, 6.07) is 5.33. The van der Waals surface area contributed by atoms with Crippen LogP contribution >= 0.6 is 0 Å². The van der Waals surface area contributed by atoms with Gasteiger partial charge in [-0.1, -0.05) is 47.6 Å². The van der Waals surface area contributed by atoms with E-state index in [0.717, 1.165) is 11.3 Å². The minimum Gasteiger partial charge on any atom is -0.543 e. The van der Waals surface area contributed by atoms with Gasteiger partial charge in [0.1, 0.15) is 11.9 Å². The standard InChI is InChI=1S/C21H39NO5Si2/c1-20(2,3)28(7,8)26-15-17-13-16(18(23)14-22(24)25)11-12-19(17)27-29(9,10)21(4,5)6/h11-13,18,23H,14-15H2,1-10H3. The zero-order chi connectivity index (χ0) is 22.8. The zero-order valence-corrected chi connectivity index (χ0v) is 21.8. The highest BCUT2D eigenvalue weighted by Crippen LogP contribution is 2.40. The molecule has 0 aromatic heterocycles. The topological polar surface area (TPSA) is 81.8 Å². The smallest absolute Gasteiger partial charge is 0.250 e. The molecule has 1 aromatic rings. The quantitative estimate of drug-likeness (QED) is 0.308. The van der Waals surface area contributed by atoms with Crippen molar-refractivity contribution in [3.05, 3.63) is 39.4 Å². The van der Waals surface area contributed by atoms with Crippen molar-refractivity contribution >= 4 is 16.6 Å². The van der Waals surface area contributed by atoms with E-state index in [1.807, 2.05) is 6.07 Å². The fraction of sp³-hybridized carbons (Fsp3) is 0.714. The third-order valence-corrected chi connectivity index (χ3v) is 15.2. The van der Waals surface area contributed by atoms with Crippen LogP contribution in [0, 0.1) is 10.1 Å². The molecule has 29 heavy (non-hydrogen) atoms. The molecule has 8 heteroatoms. The molecule has 0 saturated heterocycles. The molecule has 0 fully saturated rings. The van der Waals surface area contributed by atoms with Gasteiger partial charge in [-0.05, 0) is 54.0 Å². The molecule has 0 amide bonds. The van der Waals surface area contributed by atoms with Gasteiger partial charge in [-0.2, -0.15) is 0 Å². The van der Waals surface area contributed by atoms with Gasteiger partial charge in [-0.25, -0.2) is 0 Å². The first-order valence-corrected chi connectivity index (χ1v) is 15.9. The van der Waals surface area contributed by atoms with Gasteiger partial charge in [-0.3, -0.25) is 10.1 Å². The molecule has 0 saturated carbocycles. The monoisotopic (exact) mass is 441 g/mol. The Morgan fingerprint density at radius 3 is 2.00 bits per heavy atom. The summed E-state index contributed by atoms with van der Waals surface area (Å²) >= 11 is 0. The van der Waals surface area contributed by atoms with Gasteiger partial charge in [0.05, 0.1) is 6.61 Å². The Bertz CT molecular complexity index is 721. The van der Waals surface area contributed by atoms with E-state index >= 15 is 0 Å². The molecule has 1 N–H and O–H groups in total. The Balaban J connectivity index is 3.29. The molecule has 0 bridgehead atoms. The number of rotatable bonds is 8. The molecule has 0 aliphatic rings. The lowest BCUT2D eigenvalue weighted by Crippen LogP contribution is -2.44. The second-order valence-corrected chi connectivity index (χ2v) is 20.3. The molecule has 1 rings (SSSR count). The summed E-state index contributed by atoms with van der Waals surface area (Å²) in [5.74, 6) is 0.743. The van der Waals surface area contributed by atoms with Gasteiger partial charge in [-0.15, -0.1) is 0 Å². The lowest BCUT2D eigenvalue weighted by atomic mass is 10.1. The van der Waals surface area contributed by atoms with E-state index in [-0.39, 0.29) is 10.1 Å². The second-order valence-electron chi connectivity index (χ2n) is 10.8. The Kier molecular flexibility index (Phi) is 7.90. The van der Waals surface area contributed by atoms with Gasteiger partial charge in [0.25, 0.3) is 0 Å². The van der Waals surface area contributed by atoms with Gasteiger partial charge in [0.2, 0.25) is 14.9 Å². The van der Waals surface area contributed by atoms with Crippen molar-refractivity contribution in [3.63, 3.8) is 0 Å². The zero-order valence-electron chi connectivity index (χ0n) is 19.8. The van der Waals surface area contributed by atoms with E-state index < -0.39 is 34.2 Å². The molecule has 1 aromatic carbocycles. The molecule has 0 aliphatic carbocycles. The minimum absolute atomic E-state index is 0.0361. The average molecular weight is 442 g/mol. The predicted octanol–water partition coefficient (Wildman–Crippen LogP) is 5.90. The summed E-state index contributed by atoms with van der Waals surface area (Å²) in [7, 11) is -4.07. The van der Waals surface area contributed by atoms with Crippen molar-refractivity contribution in [1.82, 2.24) is 0 Å². The highest BCUT2D eigenvalue weighted by Gasteiger charge is 2.40. The van der Waals surface area contributed by atoms with Crippen LogP contribution in [0.1, 0.15) is 58.8 Å². The van der Waals surface area contributed by atoms with Crippen LogP contribution in [0.5, 0.6) is 5.75 Å². The molecule has 0 aliphatic heterocycles. The average Bonchev–Trinajstić information content (AvgIpc) is 2.50. The number of aliphatic hydroxyl groups excluding tert-OH is 1. The Morgan fingerprint density at radius 2 is 1.55 bits per heavy atom. The number of nitro groups is 1. The maximum absolute atomic E-state index is 10.8. The van der Waals surface area contributed by atoms with Crippen LogP contribution in [0.3, 0.4) is 0 Å².